The number of aromatic amines is 1. The zero-order valence-electron chi connectivity index (χ0n) is 38.6. The summed E-state index contributed by atoms with van der Waals surface area (Å²) in [6.45, 7) is 13.4. The second kappa shape index (κ2) is 20.3. The third-order valence-corrected chi connectivity index (χ3v) is 12.6. The molecule has 352 valence electrons. The van der Waals surface area contributed by atoms with Gasteiger partial charge in [-0.2, -0.15) is 5.10 Å². The van der Waals surface area contributed by atoms with E-state index in [0.717, 1.165) is 91.8 Å². The number of ketones is 2. The van der Waals surface area contributed by atoms with Gasteiger partial charge in [0.2, 0.25) is 0 Å². The van der Waals surface area contributed by atoms with Crippen LogP contribution in [0, 0.1) is 20.8 Å². The minimum atomic E-state index is -0.896. The number of anilines is 3. The Morgan fingerprint density at radius 1 is 0.851 bits per heavy atom. The highest BCUT2D eigenvalue weighted by molar-refractivity contribution is 6.25. The van der Waals surface area contributed by atoms with Gasteiger partial charge in [0, 0.05) is 66.9 Å². The van der Waals surface area contributed by atoms with Crippen molar-refractivity contribution in [3.05, 3.63) is 76.1 Å². The average molecular weight is 915 g/mol. The monoisotopic (exact) mass is 914 g/mol. The summed E-state index contributed by atoms with van der Waals surface area (Å²) in [5.74, 6) is 2.08. The summed E-state index contributed by atoms with van der Waals surface area (Å²) in [5.41, 5.74) is 7.93. The molecule has 2 saturated carbocycles. The van der Waals surface area contributed by atoms with Gasteiger partial charge in [-0.05, 0) is 102 Å². The Kier molecular flexibility index (Phi) is 13.8. The predicted octanol–water partition coefficient (Wildman–Crippen LogP) is 6.85. The fourth-order valence-electron chi connectivity index (χ4n) is 9.09. The molecule has 5 heterocycles. The topological polar surface area (TPSA) is 221 Å². The predicted molar refractivity (Wildman–Crippen MR) is 251 cm³/mol. The average Bonchev–Trinajstić information content (AvgIpc) is 3.77. The summed E-state index contributed by atoms with van der Waals surface area (Å²) in [7, 11) is 0. The molecule has 1 aliphatic heterocycles. The minimum Gasteiger partial charge on any atom is -0.384 e. The Balaban J connectivity index is 0.693. The van der Waals surface area contributed by atoms with Gasteiger partial charge in [0.25, 0.3) is 11.8 Å². The van der Waals surface area contributed by atoms with E-state index in [1.54, 1.807) is 18.2 Å². The maximum atomic E-state index is 13.3. The number of Topliss-reactive ketones (excluding diaryl/α,β-unsaturated/α-hetero) is 2. The molecule has 4 N–H and O–H groups in total. The highest BCUT2D eigenvalue weighted by Gasteiger charge is 2.45. The molecule has 0 spiro atoms. The molecule has 2 amide bonds. The standard InChI is InChI=1S/C49H58N10O8/c1-5-58-42(26-37(56-58)31-11-12-31)55-47-45-35-23-28(2)34(43-29(3)57-67-30(43)4)25-38(35)52-46(45)53-41(54-47)27-50-15-7-17-64-19-21-66-22-20-65-18-8-16-51-36-10-6-9-33-44(36)49(63)59(48(33)62)39-14-13-32(60)24-40(39)61/h6,9-10,23,25-26,31,39,50-51H,5,7-8,11-22,24,27H2,1-4H3,(H2,52,53,54,55). The number of nitrogens with zero attached hydrogens (tertiary/aromatic N) is 6. The smallest absolute Gasteiger partial charge is 0.264 e. The van der Waals surface area contributed by atoms with Crippen LogP contribution in [0.1, 0.15) is 107 Å². The molecule has 1 unspecified atom stereocenters. The van der Waals surface area contributed by atoms with Crippen molar-refractivity contribution in [3.8, 4) is 11.1 Å². The zero-order chi connectivity index (χ0) is 46.6. The molecule has 4 aromatic heterocycles. The SMILES string of the molecule is CCn1nc(C2CC2)cc1Nc1nc(CNCCCOCCOCCOCCCNc2cccc3c2C(=O)N(C2CCC(=O)CC2=O)C3=O)nc2[nH]c3cc(-c4c(C)noc4C)c(C)cc3c12. The lowest BCUT2D eigenvalue weighted by Gasteiger charge is -2.27. The summed E-state index contributed by atoms with van der Waals surface area (Å²) < 4.78 is 24.7. The number of carbonyl (C=O) groups excluding carboxylic acids is 4. The van der Waals surface area contributed by atoms with Crippen LogP contribution in [0.15, 0.2) is 40.9 Å². The van der Waals surface area contributed by atoms with Crippen molar-refractivity contribution in [2.45, 2.75) is 97.7 Å². The largest absolute Gasteiger partial charge is 0.384 e. The van der Waals surface area contributed by atoms with Crippen molar-refractivity contribution in [1.82, 2.24) is 40.1 Å². The lowest BCUT2D eigenvalue weighted by Crippen LogP contribution is -2.47. The number of ether oxygens (including phenoxy) is 3. The zero-order valence-corrected chi connectivity index (χ0v) is 38.6. The summed E-state index contributed by atoms with van der Waals surface area (Å²) >= 11 is 0. The van der Waals surface area contributed by atoms with Crippen LogP contribution in [-0.4, -0.2) is 117 Å². The van der Waals surface area contributed by atoms with E-state index >= 15 is 0 Å². The number of fused-ring (bicyclic) bond motifs is 4. The molecule has 1 atom stereocenters. The van der Waals surface area contributed by atoms with E-state index in [9.17, 15) is 19.2 Å². The molecule has 3 aliphatic rings. The Morgan fingerprint density at radius 2 is 1.61 bits per heavy atom. The van der Waals surface area contributed by atoms with Crippen molar-refractivity contribution in [2.75, 3.05) is 63.4 Å². The van der Waals surface area contributed by atoms with Gasteiger partial charge < -0.3 is 39.7 Å². The number of aryl methyl sites for hydroxylation is 4. The van der Waals surface area contributed by atoms with Crippen molar-refractivity contribution in [1.29, 1.82) is 0 Å². The lowest BCUT2D eigenvalue weighted by molar-refractivity contribution is -0.132. The summed E-state index contributed by atoms with van der Waals surface area (Å²) in [6.07, 6.45) is 3.93. The van der Waals surface area contributed by atoms with Gasteiger partial charge in [-0.3, -0.25) is 24.1 Å². The highest BCUT2D eigenvalue weighted by atomic mass is 16.5. The van der Waals surface area contributed by atoms with E-state index in [1.807, 2.05) is 18.5 Å². The van der Waals surface area contributed by atoms with Crippen molar-refractivity contribution in [3.63, 3.8) is 0 Å². The second-order valence-corrected chi connectivity index (χ2v) is 17.5. The maximum Gasteiger partial charge on any atom is 0.264 e. The summed E-state index contributed by atoms with van der Waals surface area (Å²) in [6, 6.07) is 10.7. The van der Waals surface area contributed by atoms with Crippen molar-refractivity contribution in [2.24, 2.45) is 0 Å². The molecule has 0 radical (unpaired) electrons. The molecule has 67 heavy (non-hydrogen) atoms. The molecule has 18 nitrogen and oxygen atoms in total. The Hall–Kier alpha value is -6.34. The van der Waals surface area contributed by atoms with Gasteiger partial charge in [-0.25, -0.2) is 14.6 Å². The molecule has 9 rings (SSSR count). The molecular formula is C49H58N10O8. The number of carbonyl (C=O) groups is 4. The number of rotatable bonds is 23. The van der Waals surface area contributed by atoms with Crippen LogP contribution in [0.25, 0.3) is 33.1 Å². The molecule has 18 heteroatoms. The highest BCUT2D eigenvalue weighted by Crippen LogP contribution is 2.42. The summed E-state index contributed by atoms with van der Waals surface area (Å²) in [4.78, 5) is 65.3. The van der Waals surface area contributed by atoms with Gasteiger partial charge in [-0.15, -0.1) is 0 Å². The number of hydrogen-bond donors (Lipinski definition) is 4. The molecule has 2 fully saturated rings. The van der Waals surface area contributed by atoms with Crippen LogP contribution in [0.2, 0.25) is 0 Å². The van der Waals surface area contributed by atoms with E-state index in [0.29, 0.717) is 76.6 Å². The van der Waals surface area contributed by atoms with E-state index in [1.165, 1.54) is 12.8 Å². The number of nitrogens with one attached hydrogen (secondary N) is 4. The molecule has 6 aromatic rings. The van der Waals surface area contributed by atoms with Gasteiger partial charge in [0.05, 0.1) is 73.3 Å². The summed E-state index contributed by atoms with van der Waals surface area (Å²) in [5, 5.41) is 21.4. The van der Waals surface area contributed by atoms with E-state index in [-0.39, 0.29) is 42.0 Å². The van der Waals surface area contributed by atoms with Crippen molar-refractivity contribution >= 4 is 62.6 Å². The number of imide groups is 1. The number of hydrogen-bond acceptors (Lipinski definition) is 15. The van der Waals surface area contributed by atoms with E-state index < -0.39 is 17.9 Å². The first-order valence-corrected chi connectivity index (χ1v) is 23.4. The first-order valence-electron chi connectivity index (χ1n) is 23.4. The molecule has 0 saturated heterocycles. The Bertz CT molecular complexity index is 2810. The number of aromatic nitrogens is 6. The van der Waals surface area contributed by atoms with Crippen LogP contribution in [0.5, 0.6) is 0 Å². The first kappa shape index (κ1) is 45.8. The lowest BCUT2D eigenvalue weighted by atomic mass is 9.92. The van der Waals surface area contributed by atoms with Gasteiger partial charge in [-0.1, -0.05) is 11.2 Å². The van der Waals surface area contributed by atoms with Crippen LogP contribution in [0.4, 0.5) is 17.3 Å². The Morgan fingerprint density at radius 3 is 2.33 bits per heavy atom. The van der Waals surface area contributed by atoms with Gasteiger partial charge in [0.15, 0.2) is 5.78 Å². The first-order chi connectivity index (χ1) is 32.6. The van der Waals surface area contributed by atoms with Gasteiger partial charge in [0.1, 0.15) is 34.7 Å². The third kappa shape index (κ3) is 9.88. The maximum absolute atomic E-state index is 13.3. The second-order valence-electron chi connectivity index (χ2n) is 17.5. The van der Waals surface area contributed by atoms with Crippen LogP contribution < -0.4 is 16.0 Å². The fraction of sp³-hybridized carbons (Fsp3) is 0.469. The molecule has 2 aromatic carbocycles. The molecular weight excluding hydrogens is 857 g/mol. The number of amides is 2. The third-order valence-electron chi connectivity index (χ3n) is 12.6. The van der Waals surface area contributed by atoms with Crippen LogP contribution in [-0.2, 0) is 36.9 Å². The molecule has 2 aliphatic carbocycles. The minimum absolute atomic E-state index is 0.161. The van der Waals surface area contributed by atoms with Crippen LogP contribution >= 0.6 is 0 Å². The van der Waals surface area contributed by atoms with Gasteiger partial charge >= 0.3 is 0 Å². The normalized spacial score (nSPS) is 16.3. The number of benzene rings is 2. The fourth-order valence-corrected chi connectivity index (χ4v) is 9.09. The molecule has 0 bridgehead atoms. The van der Waals surface area contributed by atoms with Crippen molar-refractivity contribution < 1.29 is 37.9 Å². The van der Waals surface area contributed by atoms with E-state index in [4.69, 9.17) is 33.8 Å². The van der Waals surface area contributed by atoms with E-state index in [2.05, 4.69) is 58.1 Å². The quantitative estimate of drug-likeness (QED) is 0.0293. The van der Waals surface area contributed by atoms with Crippen LogP contribution in [0.3, 0.4) is 0 Å². The Labute approximate surface area is 387 Å². The number of H-pyrrole nitrogens is 1.